The van der Waals surface area contributed by atoms with E-state index in [4.69, 9.17) is 9.47 Å². The minimum atomic E-state index is -2.83. The van der Waals surface area contributed by atoms with Gasteiger partial charge in [0.15, 0.2) is 0 Å². The summed E-state index contributed by atoms with van der Waals surface area (Å²) in [7, 11) is 1.26. The Morgan fingerprint density at radius 3 is 2.37 bits per heavy atom. The Kier molecular flexibility index (Phi) is 5.96. The minimum absolute atomic E-state index is 0.00134. The molecule has 1 saturated carbocycles. The van der Waals surface area contributed by atoms with Crippen LogP contribution in [-0.2, 0) is 14.3 Å². The Hall–Kier alpha value is -1.48. The van der Waals surface area contributed by atoms with Crippen molar-refractivity contribution in [3.8, 4) is 0 Å². The number of hydrogen-bond acceptors (Lipinski definition) is 6. The van der Waals surface area contributed by atoms with Crippen LogP contribution >= 0.6 is 0 Å². The van der Waals surface area contributed by atoms with Gasteiger partial charge in [-0.3, -0.25) is 9.69 Å². The van der Waals surface area contributed by atoms with E-state index in [0.29, 0.717) is 12.6 Å². The first-order valence-electron chi connectivity index (χ1n) is 11.1. The van der Waals surface area contributed by atoms with Crippen molar-refractivity contribution >= 4 is 12.1 Å². The number of amides is 1. The van der Waals surface area contributed by atoms with Crippen LogP contribution in [0.4, 0.5) is 13.6 Å². The Morgan fingerprint density at radius 2 is 1.73 bits per heavy atom. The monoisotopic (exact) mass is 429 g/mol. The molecule has 0 N–H and O–H groups in total. The quantitative estimate of drug-likeness (QED) is 0.640. The predicted molar refractivity (Wildman–Crippen MR) is 105 cm³/mol. The average Bonchev–Trinajstić information content (AvgIpc) is 3.28. The SMILES string of the molecule is CCOC(=O)N1CCC2(CC(N3CCC(N4CC(F)(F)CC4C(=O)OC)CC3)C2)C1. The van der Waals surface area contributed by atoms with Gasteiger partial charge >= 0.3 is 12.1 Å². The molecule has 0 aromatic heterocycles. The zero-order chi connectivity index (χ0) is 21.5. The van der Waals surface area contributed by atoms with Gasteiger partial charge in [0.2, 0.25) is 0 Å². The fourth-order valence-electron chi connectivity index (χ4n) is 6.00. The minimum Gasteiger partial charge on any atom is -0.468 e. The van der Waals surface area contributed by atoms with Gasteiger partial charge < -0.3 is 19.3 Å². The number of likely N-dealkylation sites (tertiary alicyclic amines) is 3. The second kappa shape index (κ2) is 8.22. The molecule has 30 heavy (non-hydrogen) atoms. The molecule has 1 aliphatic carbocycles. The van der Waals surface area contributed by atoms with Crippen LogP contribution in [0.1, 0.15) is 45.4 Å². The highest BCUT2D eigenvalue weighted by Gasteiger charge is 2.53. The van der Waals surface area contributed by atoms with Gasteiger partial charge in [-0.1, -0.05) is 0 Å². The van der Waals surface area contributed by atoms with Crippen molar-refractivity contribution in [3.63, 3.8) is 0 Å². The van der Waals surface area contributed by atoms with Crippen LogP contribution in [0.5, 0.6) is 0 Å². The van der Waals surface area contributed by atoms with Crippen molar-refractivity contribution in [2.24, 2.45) is 5.41 Å². The maximum absolute atomic E-state index is 14.0. The number of hydrogen-bond donors (Lipinski definition) is 0. The van der Waals surface area contributed by atoms with Gasteiger partial charge in [0, 0.05) is 31.6 Å². The highest BCUT2D eigenvalue weighted by atomic mass is 19.3. The number of ether oxygens (including phenoxy) is 2. The molecule has 3 heterocycles. The summed E-state index contributed by atoms with van der Waals surface area (Å²) in [5.74, 6) is -3.38. The van der Waals surface area contributed by atoms with Crippen LogP contribution in [-0.4, -0.2) is 97.3 Å². The number of nitrogens with zero attached hydrogens (tertiary/aromatic N) is 3. The second-order valence-electron chi connectivity index (χ2n) is 9.47. The maximum atomic E-state index is 14.0. The molecule has 1 atom stereocenters. The van der Waals surface area contributed by atoms with E-state index in [0.717, 1.165) is 58.3 Å². The number of alkyl halides is 2. The van der Waals surface area contributed by atoms with Crippen molar-refractivity contribution in [2.45, 2.75) is 69.5 Å². The number of methoxy groups -OCH3 is 1. The molecule has 0 aromatic carbocycles. The van der Waals surface area contributed by atoms with Crippen LogP contribution in [0.25, 0.3) is 0 Å². The lowest BCUT2D eigenvalue weighted by atomic mass is 9.64. The number of carbonyl (C=O) groups excluding carboxylic acids is 2. The molecule has 1 spiro atoms. The normalized spacial score (nSPS) is 34.9. The summed E-state index contributed by atoms with van der Waals surface area (Å²) in [5, 5.41) is 0. The summed E-state index contributed by atoms with van der Waals surface area (Å²) in [4.78, 5) is 29.9. The van der Waals surface area contributed by atoms with Gasteiger partial charge in [-0.2, -0.15) is 0 Å². The van der Waals surface area contributed by atoms with E-state index in [-0.39, 0.29) is 24.1 Å². The van der Waals surface area contributed by atoms with Gasteiger partial charge in [0.1, 0.15) is 6.04 Å². The molecule has 3 aliphatic heterocycles. The van der Waals surface area contributed by atoms with Crippen molar-refractivity contribution in [2.75, 3.05) is 46.4 Å². The molecule has 0 radical (unpaired) electrons. The lowest BCUT2D eigenvalue weighted by molar-refractivity contribution is -0.147. The smallest absolute Gasteiger partial charge is 0.409 e. The van der Waals surface area contributed by atoms with E-state index in [1.807, 2.05) is 11.8 Å². The summed E-state index contributed by atoms with van der Waals surface area (Å²) < 4.78 is 37.8. The fourth-order valence-corrected chi connectivity index (χ4v) is 6.00. The first-order valence-corrected chi connectivity index (χ1v) is 11.1. The summed E-state index contributed by atoms with van der Waals surface area (Å²) in [6.07, 6.45) is 4.13. The third-order valence-corrected chi connectivity index (χ3v) is 7.57. The Morgan fingerprint density at radius 1 is 1.03 bits per heavy atom. The highest BCUT2D eigenvalue weighted by molar-refractivity contribution is 5.76. The summed E-state index contributed by atoms with van der Waals surface area (Å²) in [6, 6.07) is -0.330. The predicted octanol–water partition coefficient (Wildman–Crippen LogP) is 2.34. The third-order valence-electron chi connectivity index (χ3n) is 7.57. The van der Waals surface area contributed by atoms with Gasteiger partial charge in [0.25, 0.3) is 5.92 Å². The Labute approximate surface area is 176 Å². The maximum Gasteiger partial charge on any atom is 0.409 e. The number of carbonyl (C=O) groups is 2. The van der Waals surface area contributed by atoms with Crippen molar-refractivity contribution in [1.29, 1.82) is 0 Å². The van der Waals surface area contributed by atoms with E-state index in [1.54, 1.807) is 4.90 Å². The van der Waals surface area contributed by atoms with Gasteiger partial charge in [-0.25, -0.2) is 13.6 Å². The zero-order valence-electron chi connectivity index (χ0n) is 17.9. The third kappa shape index (κ3) is 4.15. The molecule has 0 bridgehead atoms. The van der Waals surface area contributed by atoms with Crippen LogP contribution in [0.15, 0.2) is 0 Å². The van der Waals surface area contributed by atoms with Crippen molar-refractivity contribution in [3.05, 3.63) is 0 Å². The van der Waals surface area contributed by atoms with E-state index >= 15 is 0 Å². The highest BCUT2D eigenvalue weighted by Crippen LogP contribution is 2.50. The number of rotatable bonds is 4. The zero-order valence-corrected chi connectivity index (χ0v) is 17.9. The average molecular weight is 430 g/mol. The molecule has 1 unspecified atom stereocenters. The topological polar surface area (TPSA) is 62.3 Å². The second-order valence-corrected chi connectivity index (χ2v) is 9.47. The van der Waals surface area contributed by atoms with Crippen LogP contribution in [0, 0.1) is 5.41 Å². The molecule has 170 valence electrons. The summed E-state index contributed by atoms with van der Waals surface area (Å²) in [5.41, 5.74) is 0.223. The van der Waals surface area contributed by atoms with E-state index in [9.17, 15) is 18.4 Å². The molecular weight excluding hydrogens is 396 g/mol. The molecular formula is C21H33F2N3O4. The van der Waals surface area contributed by atoms with E-state index in [2.05, 4.69) is 4.90 Å². The lowest BCUT2D eigenvalue weighted by Gasteiger charge is -2.52. The lowest BCUT2D eigenvalue weighted by Crippen LogP contribution is -2.56. The van der Waals surface area contributed by atoms with Crippen LogP contribution in [0.2, 0.25) is 0 Å². The van der Waals surface area contributed by atoms with Crippen LogP contribution < -0.4 is 0 Å². The molecule has 3 saturated heterocycles. The molecule has 0 aromatic rings. The molecule has 4 rings (SSSR count). The number of esters is 1. The Bertz CT molecular complexity index is 663. The van der Waals surface area contributed by atoms with Crippen molar-refractivity contribution < 1.29 is 27.8 Å². The van der Waals surface area contributed by atoms with Gasteiger partial charge in [-0.15, -0.1) is 0 Å². The van der Waals surface area contributed by atoms with Crippen molar-refractivity contribution in [1.82, 2.24) is 14.7 Å². The molecule has 1 amide bonds. The van der Waals surface area contributed by atoms with Gasteiger partial charge in [0.05, 0.1) is 20.3 Å². The summed E-state index contributed by atoms with van der Waals surface area (Å²) in [6.45, 7) is 5.15. The number of halogens is 2. The van der Waals surface area contributed by atoms with E-state index < -0.39 is 24.4 Å². The molecule has 4 fully saturated rings. The van der Waals surface area contributed by atoms with Crippen LogP contribution in [0.3, 0.4) is 0 Å². The van der Waals surface area contributed by atoms with Gasteiger partial charge in [-0.05, 0) is 57.5 Å². The summed E-state index contributed by atoms with van der Waals surface area (Å²) >= 11 is 0. The first-order chi connectivity index (χ1) is 14.3. The first kappa shape index (κ1) is 21.7. The standard InChI is InChI=1S/C21H33F2N3O4/c1-3-30-19(28)25-9-6-20(13-25)10-16(11-20)24-7-4-15(5-8-24)26-14-21(22,23)12-17(26)18(27)29-2/h15-17H,3-14H2,1-2H3. The largest absolute Gasteiger partial charge is 0.468 e. The molecule has 7 nitrogen and oxygen atoms in total. The fraction of sp³-hybridized carbons (Fsp3) is 0.905. The molecule has 4 aliphatic rings. The molecule has 9 heteroatoms. The number of piperidine rings is 1. The Balaban J connectivity index is 1.26. The van der Waals surface area contributed by atoms with E-state index in [1.165, 1.54) is 7.11 Å².